The van der Waals surface area contributed by atoms with Crippen molar-refractivity contribution < 1.29 is 9.53 Å². The molecule has 0 aliphatic heterocycles. The van der Waals surface area contributed by atoms with Crippen molar-refractivity contribution in [2.24, 2.45) is 0 Å². The molecule has 0 saturated carbocycles. The first-order valence-electron chi connectivity index (χ1n) is 7.36. The average molecular weight is 369 g/mol. The quantitative estimate of drug-likeness (QED) is 0.599. The third-order valence-electron chi connectivity index (χ3n) is 3.44. The fraction of sp³-hybridized carbons (Fsp3) is 0.562. The van der Waals surface area contributed by atoms with E-state index >= 15 is 0 Å². The molecular weight excluding hydrogens is 345 g/mol. The summed E-state index contributed by atoms with van der Waals surface area (Å²) in [5.74, 6) is -0.396. The number of carbonyl (C=O) groups excluding carboxylic acids is 1. The average Bonchev–Trinajstić information content (AvgIpc) is 2.43. The largest absolute Gasteiger partial charge is 0.459 e. The Bertz CT molecular complexity index is 465. The van der Waals surface area contributed by atoms with Crippen LogP contribution in [-0.4, -0.2) is 36.6 Å². The molecule has 0 radical (unpaired) electrons. The van der Waals surface area contributed by atoms with E-state index in [1.54, 1.807) is 18.2 Å². The molecule has 0 fully saturated rings. The molecule has 1 rings (SSSR count). The lowest BCUT2D eigenvalue weighted by atomic mass is 10.2. The van der Waals surface area contributed by atoms with Crippen LogP contribution in [0.5, 0.6) is 0 Å². The SMILES string of the molecule is CCN(CC)CCCC(C)OC(=O)c1ccc(Cl)cc1Cl.Cl. The molecule has 1 aromatic rings. The first-order valence-corrected chi connectivity index (χ1v) is 8.11. The molecule has 1 unspecified atom stereocenters. The van der Waals surface area contributed by atoms with Gasteiger partial charge in [0.05, 0.1) is 16.7 Å². The summed E-state index contributed by atoms with van der Waals surface area (Å²) in [4.78, 5) is 14.4. The second-order valence-corrected chi connectivity index (χ2v) is 5.85. The van der Waals surface area contributed by atoms with Crippen LogP contribution in [0.4, 0.5) is 0 Å². The second kappa shape index (κ2) is 11.1. The molecule has 0 aromatic heterocycles. The molecule has 1 aromatic carbocycles. The number of rotatable bonds is 8. The Hall–Kier alpha value is -0.480. The number of esters is 1. The van der Waals surface area contributed by atoms with Crippen LogP contribution in [0.1, 0.15) is 44.0 Å². The zero-order chi connectivity index (χ0) is 15.8. The monoisotopic (exact) mass is 367 g/mol. The van der Waals surface area contributed by atoms with E-state index in [1.165, 1.54) is 0 Å². The first kappa shape index (κ1) is 21.5. The zero-order valence-corrected chi connectivity index (χ0v) is 15.6. The van der Waals surface area contributed by atoms with Gasteiger partial charge in [-0.25, -0.2) is 4.79 Å². The van der Waals surface area contributed by atoms with Crippen molar-refractivity contribution >= 4 is 41.6 Å². The van der Waals surface area contributed by atoms with Crippen molar-refractivity contribution in [1.82, 2.24) is 4.90 Å². The maximum absolute atomic E-state index is 12.0. The standard InChI is InChI=1S/C16H23Cl2NO2.ClH/c1-4-19(5-2)10-6-7-12(3)21-16(20)14-9-8-13(17)11-15(14)18;/h8-9,11-12H,4-7,10H2,1-3H3;1H. The Balaban J connectivity index is 0.00000441. The van der Waals surface area contributed by atoms with Gasteiger partial charge in [-0.2, -0.15) is 0 Å². The maximum Gasteiger partial charge on any atom is 0.339 e. The van der Waals surface area contributed by atoms with Gasteiger partial charge in [-0.3, -0.25) is 0 Å². The van der Waals surface area contributed by atoms with Gasteiger partial charge in [-0.1, -0.05) is 37.0 Å². The van der Waals surface area contributed by atoms with Crippen LogP contribution in [0.25, 0.3) is 0 Å². The predicted octanol–water partition coefficient (Wildman–Crippen LogP) is 5.08. The Labute approximate surface area is 149 Å². The second-order valence-electron chi connectivity index (χ2n) is 5.01. The van der Waals surface area contributed by atoms with E-state index < -0.39 is 5.97 Å². The van der Waals surface area contributed by atoms with Crippen LogP contribution in [-0.2, 0) is 4.74 Å². The fourth-order valence-corrected chi connectivity index (χ4v) is 2.59. The Morgan fingerprint density at radius 3 is 2.45 bits per heavy atom. The van der Waals surface area contributed by atoms with Gasteiger partial charge < -0.3 is 9.64 Å². The zero-order valence-electron chi connectivity index (χ0n) is 13.3. The molecule has 3 nitrogen and oxygen atoms in total. The lowest BCUT2D eigenvalue weighted by Gasteiger charge is -2.19. The van der Waals surface area contributed by atoms with Crippen LogP contribution >= 0.6 is 35.6 Å². The number of carbonyl (C=O) groups is 1. The van der Waals surface area contributed by atoms with E-state index in [1.807, 2.05) is 6.92 Å². The molecule has 0 bridgehead atoms. The third kappa shape index (κ3) is 7.19. The first-order chi connectivity index (χ1) is 9.97. The Morgan fingerprint density at radius 2 is 1.91 bits per heavy atom. The maximum atomic E-state index is 12.0. The minimum atomic E-state index is -0.396. The van der Waals surface area contributed by atoms with Crippen molar-refractivity contribution in [3.05, 3.63) is 33.8 Å². The van der Waals surface area contributed by atoms with Gasteiger partial charge in [0.1, 0.15) is 0 Å². The topological polar surface area (TPSA) is 29.5 Å². The van der Waals surface area contributed by atoms with Gasteiger partial charge in [-0.15, -0.1) is 12.4 Å². The van der Waals surface area contributed by atoms with Crippen molar-refractivity contribution in [3.8, 4) is 0 Å². The van der Waals surface area contributed by atoms with Crippen LogP contribution in [0.2, 0.25) is 10.0 Å². The number of nitrogens with zero attached hydrogens (tertiary/aromatic N) is 1. The summed E-state index contributed by atoms with van der Waals surface area (Å²) < 4.78 is 5.42. The molecule has 0 N–H and O–H groups in total. The summed E-state index contributed by atoms with van der Waals surface area (Å²) in [5.41, 5.74) is 0.358. The van der Waals surface area contributed by atoms with Gasteiger partial charge in [0.25, 0.3) is 0 Å². The molecule has 0 aliphatic rings. The van der Waals surface area contributed by atoms with E-state index in [4.69, 9.17) is 27.9 Å². The minimum absolute atomic E-state index is 0. The number of hydrogen-bond acceptors (Lipinski definition) is 3. The van der Waals surface area contributed by atoms with Gasteiger partial charge in [0.2, 0.25) is 0 Å². The van der Waals surface area contributed by atoms with Crippen LogP contribution in [0.3, 0.4) is 0 Å². The van der Waals surface area contributed by atoms with Gasteiger partial charge >= 0.3 is 5.97 Å². The van der Waals surface area contributed by atoms with Gasteiger partial charge in [0, 0.05) is 5.02 Å². The summed E-state index contributed by atoms with van der Waals surface area (Å²) in [6, 6.07) is 4.77. The number of hydrogen-bond donors (Lipinski definition) is 0. The lowest BCUT2D eigenvalue weighted by Crippen LogP contribution is -2.25. The van der Waals surface area contributed by atoms with Crippen molar-refractivity contribution in [3.63, 3.8) is 0 Å². The molecule has 0 amide bonds. The van der Waals surface area contributed by atoms with E-state index in [2.05, 4.69) is 18.7 Å². The normalized spacial score (nSPS) is 11.9. The number of ether oxygens (including phenoxy) is 1. The minimum Gasteiger partial charge on any atom is -0.459 e. The highest BCUT2D eigenvalue weighted by Gasteiger charge is 2.15. The summed E-state index contributed by atoms with van der Waals surface area (Å²) in [7, 11) is 0. The van der Waals surface area contributed by atoms with Crippen molar-refractivity contribution in [2.45, 2.75) is 39.7 Å². The van der Waals surface area contributed by atoms with Crippen molar-refractivity contribution in [2.75, 3.05) is 19.6 Å². The molecule has 0 spiro atoms. The van der Waals surface area contributed by atoms with Crippen LogP contribution < -0.4 is 0 Å². The molecule has 0 heterocycles. The van der Waals surface area contributed by atoms with E-state index in [0.29, 0.717) is 15.6 Å². The molecule has 0 saturated heterocycles. The predicted molar refractivity (Wildman–Crippen MR) is 95.6 cm³/mol. The lowest BCUT2D eigenvalue weighted by molar-refractivity contribution is 0.0315. The molecule has 6 heteroatoms. The Kier molecular flexibility index (Phi) is 10.9. The summed E-state index contributed by atoms with van der Waals surface area (Å²) in [6.45, 7) is 9.32. The van der Waals surface area contributed by atoms with Gasteiger partial charge in [0.15, 0.2) is 0 Å². The molecule has 126 valence electrons. The molecule has 0 aliphatic carbocycles. The van der Waals surface area contributed by atoms with E-state index in [-0.39, 0.29) is 18.5 Å². The number of halogens is 3. The molecule has 1 atom stereocenters. The molecular formula is C16H24Cl3NO2. The summed E-state index contributed by atoms with van der Waals surface area (Å²) in [6.07, 6.45) is 1.72. The van der Waals surface area contributed by atoms with E-state index in [9.17, 15) is 4.79 Å². The summed E-state index contributed by atoms with van der Waals surface area (Å²) >= 11 is 11.8. The third-order valence-corrected chi connectivity index (χ3v) is 3.99. The molecule has 22 heavy (non-hydrogen) atoms. The highest BCUT2D eigenvalue weighted by molar-refractivity contribution is 6.36. The fourth-order valence-electron chi connectivity index (χ4n) is 2.10. The van der Waals surface area contributed by atoms with Crippen LogP contribution in [0.15, 0.2) is 18.2 Å². The van der Waals surface area contributed by atoms with Gasteiger partial charge in [-0.05, 0) is 57.6 Å². The number of benzene rings is 1. The highest BCUT2D eigenvalue weighted by Crippen LogP contribution is 2.22. The summed E-state index contributed by atoms with van der Waals surface area (Å²) in [5, 5.41) is 0.826. The Morgan fingerprint density at radius 1 is 1.27 bits per heavy atom. The highest BCUT2D eigenvalue weighted by atomic mass is 35.5. The smallest absolute Gasteiger partial charge is 0.339 e. The van der Waals surface area contributed by atoms with E-state index in [0.717, 1.165) is 32.5 Å². The van der Waals surface area contributed by atoms with Crippen LogP contribution in [0, 0.1) is 0 Å². The van der Waals surface area contributed by atoms with Crippen molar-refractivity contribution in [1.29, 1.82) is 0 Å².